The molecule has 0 saturated heterocycles. The number of unbranched alkanes of at least 4 members (excludes halogenated alkanes) is 2. The minimum atomic E-state index is -0.403. The maximum atomic E-state index is 12.0. The summed E-state index contributed by atoms with van der Waals surface area (Å²) in [7, 11) is -0.801. The summed E-state index contributed by atoms with van der Waals surface area (Å²) in [4.78, 5) is 24.0. The lowest BCUT2D eigenvalue weighted by Crippen LogP contribution is -2.25. The highest BCUT2D eigenvalue weighted by atomic mass is 28.2. The van der Waals surface area contributed by atoms with Crippen LogP contribution >= 0.6 is 0 Å². The Bertz CT molecular complexity index is 363. The monoisotopic (exact) mass is 400 g/mol. The molecule has 0 amide bonds. The summed E-state index contributed by atoms with van der Waals surface area (Å²) in [6.07, 6.45) is 11.2. The van der Waals surface area contributed by atoms with Gasteiger partial charge in [-0.1, -0.05) is 78.3 Å². The van der Waals surface area contributed by atoms with Crippen LogP contribution in [-0.4, -0.2) is 42.4 Å². The molecule has 0 radical (unpaired) electrons. The molecule has 0 aliphatic carbocycles. The number of hydrogen-bond donors (Lipinski definition) is 0. The van der Waals surface area contributed by atoms with Crippen molar-refractivity contribution in [2.45, 2.75) is 103 Å². The van der Waals surface area contributed by atoms with E-state index < -0.39 is 31.0 Å². The number of ether oxygens (including phenoxy) is 2. The van der Waals surface area contributed by atoms with Crippen LogP contribution in [0.4, 0.5) is 0 Å². The van der Waals surface area contributed by atoms with Crippen molar-refractivity contribution < 1.29 is 19.1 Å². The van der Waals surface area contributed by atoms with Gasteiger partial charge in [0, 0.05) is 12.2 Å². The minimum absolute atomic E-state index is 0.0917. The zero-order valence-electron chi connectivity index (χ0n) is 17.4. The predicted molar refractivity (Wildman–Crippen MR) is 115 cm³/mol. The van der Waals surface area contributed by atoms with Gasteiger partial charge in [0.2, 0.25) is 0 Å². The third kappa shape index (κ3) is 14.3. The first-order valence-corrected chi connectivity index (χ1v) is 14.3. The molecule has 0 spiro atoms. The van der Waals surface area contributed by atoms with E-state index in [0.717, 1.165) is 25.7 Å². The zero-order valence-corrected chi connectivity index (χ0v) is 20.3. The second-order valence-electron chi connectivity index (χ2n) is 7.02. The summed E-state index contributed by atoms with van der Waals surface area (Å²) >= 11 is 0. The Balaban J connectivity index is 4.36. The average Bonchev–Trinajstić information content (AvgIpc) is 2.60. The van der Waals surface area contributed by atoms with Crippen molar-refractivity contribution in [1.82, 2.24) is 0 Å². The van der Waals surface area contributed by atoms with Gasteiger partial charge in [-0.05, 0) is 12.8 Å². The van der Waals surface area contributed by atoms with Crippen molar-refractivity contribution in [2.75, 3.05) is 0 Å². The van der Waals surface area contributed by atoms with E-state index in [9.17, 15) is 9.59 Å². The molecule has 26 heavy (non-hydrogen) atoms. The molecule has 0 aliphatic heterocycles. The van der Waals surface area contributed by atoms with Gasteiger partial charge in [-0.2, -0.15) is 0 Å². The molecule has 0 N–H and O–H groups in total. The van der Waals surface area contributed by atoms with Gasteiger partial charge in [0.05, 0.1) is 30.5 Å². The van der Waals surface area contributed by atoms with Crippen LogP contribution in [0.3, 0.4) is 0 Å². The third-order valence-electron chi connectivity index (χ3n) is 4.40. The van der Waals surface area contributed by atoms with Gasteiger partial charge in [0.25, 0.3) is 0 Å². The van der Waals surface area contributed by atoms with Crippen LogP contribution in [0.15, 0.2) is 12.2 Å². The van der Waals surface area contributed by atoms with Gasteiger partial charge in [-0.25, -0.2) is 9.59 Å². The van der Waals surface area contributed by atoms with E-state index >= 15 is 0 Å². The summed E-state index contributed by atoms with van der Waals surface area (Å²) in [5.74, 6) is -0.806. The molecule has 0 aromatic carbocycles. The smallest absolute Gasteiger partial charge is 0.330 e. The van der Waals surface area contributed by atoms with Crippen LogP contribution in [0.1, 0.15) is 79.1 Å². The molecule has 0 rings (SSSR count). The molecule has 152 valence electrons. The molecule has 0 aromatic heterocycles. The van der Waals surface area contributed by atoms with Gasteiger partial charge in [-0.3, -0.25) is 0 Å². The Morgan fingerprint density at radius 1 is 0.731 bits per heavy atom. The number of carbonyl (C=O) groups excluding carboxylic acids is 2. The number of rotatable bonds is 16. The summed E-state index contributed by atoms with van der Waals surface area (Å²) in [6.45, 7) is 8.58. The van der Waals surface area contributed by atoms with Crippen LogP contribution < -0.4 is 0 Å². The Morgan fingerprint density at radius 3 is 1.42 bits per heavy atom. The molecule has 6 heteroatoms. The van der Waals surface area contributed by atoms with Crippen molar-refractivity contribution in [2.24, 2.45) is 0 Å². The van der Waals surface area contributed by atoms with Crippen LogP contribution in [0.25, 0.3) is 0 Å². The standard InChI is InChI=1S/C20H40O4Si2/c1-5-9-15-25-19(11-7-3)23-17(21)13-14-18(22)24-20(12-8-4)26-16-10-6-2/h13-14,19-20H,5-12,15-16,25-26H2,1-4H3/b14-13+. The predicted octanol–water partition coefficient (Wildman–Crippen LogP) is 3.66. The van der Waals surface area contributed by atoms with Crippen molar-refractivity contribution in [1.29, 1.82) is 0 Å². The fraction of sp³-hybridized carbons (Fsp3) is 0.800. The van der Waals surface area contributed by atoms with Gasteiger partial charge in [0.1, 0.15) is 0 Å². The topological polar surface area (TPSA) is 52.6 Å². The zero-order chi connectivity index (χ0) is 19.6. The SMILES string of the molecule is CCCC[SiH2]C(CCC)OC(=O)/C=C/C(=O)OC(CCC)[SiH2]CCCC. The van der Waals surface area contributed by atoms with E-state index in [0.29, 0.717) is 0 Å². The van der Waals surface area contributed by atoms with Gasteiger partial charge >= 0.3 is 11.9 Å². The Kier molecular flexibility index (Phi) is 16.9. The summed E-state index contributed by atoms with van der Waals surface area (Å²) in [5.41, 5.74) is 0.183. The molecular weight excluding hydrogens is 360 g/mol. The molecule has 0 fully saturated rings. The molecule has 0 heterocycles. The average molecular weight is 401 g/mol. The summed E-state index contributed by atoms with van der Waals surface area (Å²) < 4.78 is 11.1. The van der Waals surface area contributed by atoms with Crippen LogP contribution in [0.2, 0.25) is 12.1 Å². The Hall–Kier alpha value is -0.886. The minimum Gasteiger partial charge on any atom is -0.464 e. The second kappa shape index (κ2) is 17.5. The van der Waals surface area contributed by atoms with Crippen molar-refractivity contribution in [3.63, 3.8) is 0 Å². The molecule has 4 nitrogen and oxygen atoms in total. The Labute approximate surface area is 165 Å². The normalized spacial score (nSPS) is 14.5. The highest BCUT2D eigenvalue weighted by Gasteiger charge is 2.14. The van der Waals surface area contributed by atoms with Crippen molar-refractivity contribution in [3.05, 3.63) is 12.2 Å². The molecule has 0 bridgehead atoms. The molecule has 0 aromatic rings. The summed E-state index contributed by atoms with van der Waals surface area (Å²) in [5, 5.41) is 0. The van der Waals surface area contributed by atoms with E-state index in [-0.39, 0.29) is 11.5 Å². The number of hydrogen-bond acceptors (Lipinski definition) is 4. The first-order valence-electron chi connectivity index (χ1n) is 10.7. The maximum Gasteiger partial charge on any atom is 0.330 e. The van der Waals surface area contributed by atoms with Crippen molar-refractivity contribution >= 4 is 31.0 Å². The highest BCUT2D eigenvalue weighted by molar-refractivity contribution is 6.37. The van der Waals surface area contributed by atoms with Gasteiger partial charge < -0.3 is 9.47 Å². The van der Waals surface area contributed by atoms with E-state index in [1.54, 1.807) is 0 Å². The van der Waals surface area contributed by atoms with Crippen LogP contribution in [0, 0.1) is 0 Å². The first-order chi connectivity index (χ1) is 12.6. The number of carbonyl (C=O) groups is 2. The van der Waals surface area contributed by atoms with Crippen molar-refractivity contribution in [3.8, 4) is 0 Å². The number of esters is 2. The summed E-state index contributed by atoms with van der Waals surface area (Å²) in [6, 6.07) is 2.42. The fourth-order valence-electron chi connectivity index (χ4n) is 2.96. The fourth-order valence-corrected chi connectivity index (χ4v) is 7.40. The largest absolute Gasteiger partial charge is 0.464 e. The third-order valence-corrected chi connectivity index (χ3v) is 8.66. The lowest BCUT2D eigenvalue weighted by atomic mass is 10.3. The van der Waals surface area contributed by atoms with E-state index in [1.165, 1.54) is 49.9 Å². The lowest BCUT2D eigenvalue weighted by Gasteiger charge is -2.16. The highest BCUT2D eigenvalue weighted by Crippen LogP contribution is 2.08. The van der Waals surface area contributed by atoms with Crippen LogP contribution in [-0.2, 0) is 19.1 Å². The molecule has 0 saturated carbocycles. The van der Waals surface area contributed by atoms with E-state index in [4.69, 9.17) is 9.47 Å². The van der Waals surface area contributed by atoms with Gasteiger partial charge in [0.15, 0.2) is 0 Å². The Morgan fingerprint density at radius 2 is 1.12 bits per heavy atom. The maximum absolute atomic E-state index is 12.0. The molecular formula is C20H40O4Si2. The molecule has 0 aliphatic rings. The lowest BCUT2D eigenvalue weighted by molar-refractivity contribution is -0.142. The first kappa shape index (κ1) is 25.1. The van der Waals surface area contributed by atoms with E-state index in [1.807, 2.05) is 0 Å². The quantitative estimate of drug-likeness (QED) is 0.172. The molecule has 2 atom stereocenters. The van der Waals surface area contributed by atoms with E-state index in [2.05, 4.69) is 27.7 Å². The van der Waals surface area contributed by atoms with Gasteiger partial charge in [-0.15, -0.1) is 0 Å². The molecule has 2 unspecified atom stereocenters. The second-order valence-corrected chi connectivity index (χ2v) is 11.4. The van der Waals surface area contributed by atoms with Crippen LogP contribution in [0.5, 0.6) is 0 Å².